The number of hydrogen-bond acceptors (Lipinski definition) is 5. The number of aryl methyl sites for hydroxylation is 2. The molecule has 0 spiro atoms. The van der Waals surface area contributed by atoms with Crippen LogP contribution in [0.2, 0.25) is 0 Å². The van der Waals surface area contributed by atoms with E-state index in [1.54, 1.807) is 23.1 Å². The second-order valence-electron chi connectivity index (χ2n) is 3.89. The molecular formula is C11H16N6. The standard InChI is InChI=1S/C11H16N6/c1-17-8-9(7-15-17)3-4-10(16-12)11-13-5-2-6-14-11/h2,5-8,10,16H,3-4,12H2,1H3. The summed E-state index contributed by atoms with van der Waals surface area (Å²) in [4.78, 5) is 8.39. The SMILES string of the molecule is Cn1cc(CCC(NN)c2ncccn2)cn1. The van der Waals surface area contributed by atoms with E-state index >= 15 is 0 Å². The Morgan fingerprint density at radius 1 is 1.41 bits per heavy atom. The Labute approximate surface area is 99.9 Å². The molecule has 0 aliphatic carbocycles. The fraction of sp³-hybridized carbons (Fsp3) is 0.364. The van der Waals surface area contributed by atoms with Gasteiger partial charge in [-0.05, 0) is 24.5 Å². The van der Waals surface area contributed by atoms with Gasteiger partial charge < -0.3 is 0 Å². The molecule has 0 saturated heterocycles. The van der Waals surface area contributed by atoms with Crippen molar-refractivity contribution in [3.05, 3.63) is 42.2 Å². The molecule has 6 nitrogen and oxygen atoms in total. The molecule has 0 amide bonds. The summed E-state index contributed by atoms with van der Waals surface area (Å²) in [5, 5.41) is 4.13. The lowest BCUT2D eigenvalue weighted by atomic mass is 10.1. The van der Waals surface area contributed by atoms with Gasteiger partial charge in [0.15, 0.2) is 0 Å². The molecular weight excluding hydrogens is 216 g/mol. The van der Waals surface area contributed by atoms with Gasteiger partial charge in [0.25, 0.3) is 0 Å². The average Bonchev–Trinajstić information content (AvgIpc) is 2.77. The fourth-order valence-corrected chi connectivity index (χ4v) is 1.69. The topological polar surface area (TPSA) is 81.7 Å². The first kappa shape index (κ1) is 11.7. The lowest BCUT2D eigenvalue weighted by Gasteiger charge is -2.13. The van der Waals surface area contributed by atoms with Crippen molar-refractivity contribution in [2.75, 3.05) is 0 Å². The number of hydrazine groups is 1. The third-order valence-electron chi connectivity index (χ3n) is 2.58. The zero-order chi connectivity index (χ0) is 12.1. The molecule has 90 valence electrons. The Hall–Kier alpha value is -1.79. The van der Waals surface area contributed by atoms with Crippen LogP contribution in [-0.2, 0) is 13.5 Å². The molecule has 2 aromatic rings. The quantitative estimate of drug-likeness (QED) is 0.574. The van der Waals surface area contributed by atoms with Crippen molar-refractivity contribution in [3.8, 4) is 0 Å². The molecule has 2 aromatic heterocycles. The van der Waals surface area contributed by atoms with Crippen LogP contribution in [0.1, 0.15) is 23.9 Å². The molecule has 0 aliphatic rings. The van der Waals surface area contributed by atoms with Crippen molar-refractivity contribution in [1.29, 1.82) is 0 Å². The monoisotopic (exact) mass is 232 g/mol. The zero-order valence-corrected chi connectivity index (χ0v) is 9.74. The number of nitrogens with zero attached hydrogens (tertiary/aromatic N) is 4. The first-order valence-corrected chi connectivity index (χ1v) is 5.50. The largest absolute Gasteiger partial charge is 0.276 e. The number of aromatic nitrogens is 4. The van der Waals surface area contributed by atoms with Gasteiger partial charge in [-0.3, -0.25) is 10.5 Å². The normalized spacial score (nSPS) is 12.6. The summed E-state index contributed by atoms with van der Waals surface area (Å²) in [7, 11) is 1.91. The van der Waals surface area contributed by atoms with E-state index in [9.17, 15) is 0 Å². The van der Waals surface area contributed by atoms with Crippen LogP contribution in [0.3, 0.4) is 0 Å². The minimum Gasteiger partial charge on any atom is -0.276 e. The average molecular weight is 232 g/mol. The highest BCUT2D eigenvalue weighted by Gasteiger charge is 2.12. The van der Waals surface area contributed by atoms with E-state index < -0.39 is 0 Å². The maximum Gasteiger partial charge on any atom is 0.146 e. The van der Waals surface area contributed by atoms with Crippen molar-refractivity contribution in [2.24, 2.45) is 12.9 Å². The molecule has 0 aliphatic heterocycles. The minimum atomic E-state index is -0.0311. The van der Waals surface area contributed by atoms with E-state index in [1.165, 1.54) is 5.56 Å². The van der Waals surface area contributed by atoms with Crippen LogP contribution in [0, 0.1) is 0 Å². The van der Waals surface area contributed by atoms with E-state index in [0.29, 0.717) is 0 Å². The number of nitrogens with one attached hydrogen (secondary N) is 1. The maximum atomic E-state index is 5.52. The van der Waals surface area contributed by atoms with Gasteiger partial charge in [-0.15, -0.1) is 0 Å². The summed E-state index contributed by atoms with van der Waals surface area (Å²) in [6.45, 7) is 0. The Morgan fingerprint density at radius 3 is 2.76 bits per heavy atom. The van der Waals surface area contributed by atoms with Crippen molar-refractivity contribution in [2.45, 2.75) is 18.9 Å². The highest BCUT2D eigenvalue weighted by molar-refractivity contribution is 5.05. The van der Waals surface area contributed by atoms with Gasteiger partial charge in [0.05, 0.1) is 12.2 Å². The Balaban J connectivity index is 1.97. The summed E-state index contributed by atoms with van der Waals surface area (Å²) in [6.07, 6.45) is 9.03. The van der Waals surface area contributed by atoms with Gasteiger partial charge in [0, 0.05) is 25.6 Å². The van der Waals surface area contributed by atoms with Crippen LogP contribution in [0.25, 0.3) is 0 Å². The summed E-state index contributed by atoms with van der Waals surface area (Å²) >= 11 is 0. The van der Waals surface area contributed by atoms with Crippen molar-refractivity contribution in [3.63, 3.8) is 0 Å². The van der Waals surface area contributed by atoms with Gasteiger partial charge in [-0.2, -0.15) is 5.10 Å². The van der Waals surface area contributed by atoms with E-state index in [0.717, 1.165) is 18.7 Å². The predicted molar refractivity (Wildman–Crippen MR) is 63.6 cm³/mol. The predicted octanol–water partition coefficient (Wildman–Crippen LogP) is 0.347. The maximum absolute atomic E-state index is 5.52. The Bertz CT molecular complexity index is 452. The molecule has 1 atom stereocenters. The second kappa shape index (κ2) is 5.51. The van der Waals surface area contributed by atoms with Gasteiger partial charge in [0.1, 0.15) is 5.82 Å². The molecule has 0 bridgehead atoms. The summed E-state index contributed by atoms with van der Waals surface area (Å²) in [6, 6.07) is 1.76. The molecule has 6 heteroatoms. The first-order chi connectivity index (χ1) is 8.29. The molecule has 0 aromatic carbocycles. The third kappa shape index (κ3) is 3.08. The third-order valence-corrected chi connectivity index (χ3v) is 2.58. The van der Waals surface area contributed by atoms with Gasteiger partial charge in [0.2, 0.25) is 0 Å². The van der Waals surface area contributed by atoms with Crippen molar-refractivity contribution in [1.82, 2.24) is 25.2 Å². The number of nitrogens with two attached hydrogens (primary N) is 1. The molecule has 3 N–H and O–H groups in total. The van der Waals surface area contributed by atoms with Crippen LogP contribution >= 0.6 is 0 Å². The summed E-state index contributed by atoms with van der Waals surface area (Å²) < 4.78 is 1.79. The lowest BCUT2D eigenvalue weighted by Crippen LogP contribution is -2.29. The molecule has 17 heavy (non-hydrogen) atoms. The smallest absolute Gasteiger partial charge is 0.146 e. The number of hydrogen-bond donors (Lipinski definition) is 2. The Kier molecular flexibility index (Phi) is 3.79. The second-order valence-corrected chi connectivity index (χ2v) is 3.89. The van der Waals surface area contributed by atoms with Crippen molar-refractivity contribution >= 4 is 0 Å². The summed E-state index contributed by atoms with van der Waals surface area (Å²) in [5.41, 5.74) is 3.93. The zero-order valence-electron chi connectivity index (χ0n) is 9.74. The highest BCUT2D eigenvalue weighted by atomic mass is 15.2. The highest BCUT2D eigenvalue weighted by Crippen LogP contribution is 2.13. The van der Waals surface area contributed by atoms with E-state index in [1.807, 2.05) is 19.4 Å². The number of rotatable bonds is 5. The molecule has 0 saturated carbocycles. The molecule has 0 radical (unpaired) electrons. The Morgan fingerprint density at radius 2 is 2.18 bits per heavy atom. The van der Waals surface area contributed by atoms with Crippen LogP contribution < -0.4 is 11.3 Å². The van der Waals surface area contributed by atoms with E-state index in [4.69, 9.17) is 5.84 Å². The van der Waals surface area contributed by atoms with E-state index in [2.05, 4.69) is 20.5 Å². The molecule has 2 heterocycles. The van der Waals surface area contributed by atoms with E-state index in [-0.39, 0.29) is 6.04 Å². The molecule has 0 fully saturated rings. The van der Waals surface area contributed by atoms with Crippen LogP contribution in [0.4, 0.5) is 0 Å². The fourth-order valence-electron chi connectivity index (χ4n) is 1.69. The van der Waals surface area contributed by atoms with Gasteiger partial charge in [-0.25, -0.2) is 15.4 Å². The van der Waals surface area contributed by atoms with Crippen LogP contribution in [0.5, 0.6) is 0 Å². The first-order valence-electron chi connectivity index (χ1n) is 5.50. The van der Waals surface area contributed by atoms with Gasteiger partial charge >= 0.3 is 0 Å². The van der Waals surface area contributed by atoms with Gasteiger partial charge in [-0.1, -0.05) is 0 Å². The molecule has 2 rings (SSSR count). The molecule has 1 unspecified atom stereocenters. The lowest BCUT2D eigenvalue weighted by molar-refractivity contribution is 0.491. The van der Waals surface area contributed by atoms with Crippen LogP contribution in [-0.4, -0.2) is 19.7 Å². The van der Waals surface area contributed by atoms with Crippen LogP contribution in [0.15, 0.2) is 30.9 Å². The summed E-state index contributed by atoms with van der Waals surface area (Å²) in [5.74, 6) is 6.24. The minimum absolute atomic E-state index is 0.0311. The van der Waals surface area contributed by atoms with Crippen molar-refractivity contribution < 1.29 is 0 Å².